The Morgan fingerprint density at radius 3 is 2.68 bits per heavy atom. The van der Waals surface area contributed by atoms with Gasteiger partial charge in [-0.25, -0.2) is 0 Å². The summed E-state index contributed by atoms with van der Waals surface area (Å²) in [5.41, 5.74) is -1.00. The molecule has 0 aromatic carbocycles. The number of carboxylic acid groups (broad SMARTS) is 1. The molecule has 2 unspecified atom stereocenters. The topological polar surface area (TPSA) is 86.7 Å². The second-order valence-electron chi connectivity index (χ2n) is 5.47. The van der Waals surface area contributed by atoms with Crippen molar-refractivity contribution in [1.29, 1.82) is 0 Å². The number of rotatable bonds is 7. The summed E-state index contributed by atoms with van der Waals surface area (Å²) in [5.74, 6) is -0.936. The van der Waals surface area contributed by atoms with E-state index in [0.29, 0.717) is 19.4 Å². The Balaban J connectivity index is 2.75. The zero-order valence-corrected chi connectivity index (χ0v) is 12.7. The average Bonchev–Trinajstić information content (AvgIpc) is 2.68. The molecule has 1 aliphatic rings. The van der Waals surface area contributed by atoms with Gasteiger partial charge >= 0.3 is 5.97 Å². The lowest BCUT2D eigenvalue weighted by Gasteiger charge is -2.29. The zero-order chi connectivity index (χ0) is 14.7. The van der Waals surface area contributed by atoms with Gasteiger partial charge in [-0.3, -0.25) is 4.79 Å². The Morgan fingerprint density at radius 1 is 1.53 bits per heavy atom. The van der Waals surface area contributed by atoms with E-state index >= 15 is 0 Å². The van der Waals surface area contributed by atoms with E-state index in [1.165, 1.54) is 11.4 Å². The third kappa shape index (κ3) is 3.67. The molecule has 112 valence electrons. The van der Waals surface area contributed by atoms with Gasteiger partial charge in [0.2, 0.25) is 0 Å². The molecule has 1 fully saturated rings. The molecular formula is C12H24N2O4S. The predicted octanol–water partition coefficient (Wildman–Crippen LogP) is 1.20. The Kier molecular flexibility index (Phi) is 5.34. The maximum absolute atomic E-state index is 12.1. The van der Waals surface area contributed by atoms with Crippen LogP contribution in [0.3, 0.4) is 0 Å². The highest BCUT2D eigenvalue weighted by molar-refractivity contribution is 7.87. The summed E-state index contributed by atoms with van der Waals surface area (Å²) in [6.07, 6.45) is 3.51. The SMILES string of the molecule is CCCCN(C)S(=O)(=O)NC1CCCC1(C)C(=O)O. The highest BCUT2D eigenvalue weighted by atomic mass is 32.2. The molecule has 1 saturated carbocycles. The fraction of sp³-hybridized carbons (Fsp3) is 0.917. The van der Waals surface area contributed by atoms with Crippen molar-refractivity contribution in [3.8, 4) is 0 Å². The quantitative estimate of drug-likeness (QED) is 0.738. The monoisotopic (exact) mass is 292 g/mol. The Hall–Kier alpha value is -0.660. The molecule has 1 rings (SSSR count). The van der Waals surface area contributed by atoms with Gasteiger partial charge in [0.25, 0.3) is 10.2 Å². The molecule has 2 N–H and O–H groups in total. The van der Waals surface area contributed by atoms with Crippen LogP contribution in [0.2, 0.25) is 0 Å². The summed E-state index contributed by atoms with van der Waals surface area (Å²) in [6.45, 7) is 4.05. The Bertz CT molecular complexity index is 423. The van der Waals surface area contributed by atoms with Crippen LogP contribution in [0, 0.1) is 5.41 Å². The summed E-state index contributed by atoms with van der Waals surface area (Å²) < 4.78 is 28.1. The summed E-state index contributed by atoms with van der Waals surface area (Å²) in [5, 5.41) is 9.27. The molecule has 0 radical (unpaired) electrons. The van der Waals surface area contributed by atoms with Crippen molar-refractivity contribution in [2.24, 2.45) is 5.41 Å². The molecular weight excluding hydrogens is 268 g/mol. The minimum absolute atomic E-state index is 0.447. The van der Waals surface area contributed by atoms with Crippen molar-refractivity contribution in [2.45, 2.75) is 52.0 Å². The summed E-state index contributed by atoms with van der Waals surface area (Å²) in [6, 6.07) is -0.529. The molecule has 0 amide bonds. The van der Waals surface area contributed by atoms with Gasteiger partial charge < -0.3 is 5.11 Å². The number of carbonyl (C=O) groups is 1. The van der Waals surface area contributed by atoms with Gasteiger partial charge in [0.1, 0.15) is 0 Å². The number of nitrogens with zero attached hydrogens (tertiary/aromatic N) is 1. The third-order valence-corrected chi connectivity index (χ3v) is 5.56. The van der Waals surface area contributed by atoms with Gasteiger partial charge in [-0.15, -0.1) is 0 Å². The van der Waals surface area contributed by atoms with Gasteiger partial charge in [-0.2, -0.15) is 17.4 Å². The van der Waals surface area contributed by atoms with E-state index in [1.54, 1.807) is 6.92 Å². The first kappa shape index (κ1) is 16.4. The van der Waals surface area contributed by atoms with E-state index < -0.39 is 27.6 Å². The van der Waals surface area contributed by atoms with Crippen molar-refractivity contribution in [3.63, 3.8) is 0 Å². The van der Waals surface area contributed by atoms with Crippen LogP contribution in [0.15, 0.2) is 0 Å². The van der Waals surface area contributed by atoms with Gasteiger partial charge in [0.05, 0.1) is 5.41 Å². The van der Waals surface area contributed by atoms with Crippen molar-refractivity contribution in [1.82, 2.24) is 9.03 Å². The van der Waals surface area contributed by atoms with Crippen LogP contribution in [0.5, 0.6) is 0 Å². The lowest BCUT2D eigenvalue weighted by molar-refractivity contribution is -0.148. The van der Waals surface area contributed by atoms with E-state index in [1.807, 2.05) is 6.92 Å². The molecule has 0 heterocycles. The van der Waals surface area contributed by atoms with Gasteiger partial charge in [0, 0.05) is 19.6 Å². The minimum atomic E-state index is -3.60. The molecule has 2 atom stereocenters. The first-order valence-corrected chi connectivity index (χ1v) is 8.15. The van der Waals surface area contributed by atoms with Crippen LogP contribution in [0.1, 0.15) is 46.0 Å². The average molecular weight is 292 g/mol. The van der Waals surface area contributed by atoms with E-state index in [9.17, 15) is 18.3 Å². The third-order valence-electron chi connectivity index (χ3n) is 3.97. The summed E-state index contributed by atoms with van der Waals surface area (Å²) in [4.78, 5) is 11.3. The van der Waals surface area contributed by atoms with Crippen molar-refractivity contribution < 1.29 is 18.3 Å². The molecule has 0 aliphatic heterocycles. The maximum atomic E-state index is 12.1. The summed E-state index contributed by atoms with van der Waals surface area (Å²) in [7, 11) is -2.08. The number of hydrogen-bond donors (Lipinski definition) is 2. The van der Waals surface area contributed by atoms with E-state index in [2.05, 4.69) is 4.72 Å². The number of unbranched alkanes of at least 4 members (excludes halogenated alkanes) is 1. The Labute approximate surface area is 115 Å². The normalized spacial score (nSPS) is 27.9. The highest BCUT2D eigenvalue weighted by Gasteiger charge is 2.47. The van der Waals surface area contributed by atoms with E-state index in [4.69, 9.17) is 0 Å². The van der Waals surface area contributed by atoms with E-state index in [0.717, 1.165) is 19.3 Å². The molecule has 19 heavy (non-hydrogen) atoms. The van der Waals surface area contributed by atoms with Crippen LogP contribution < -0.4 is 4.72 Å². The fourth-order valence-electron chi connectivity index (χ4n) is 2.38. The van der Waals surface area contributed by atoms with Crippen LogP contribution in [0.4, 0.5) is 0 Å². The first-order valence-electron chi connectivity index (χ1n) is 6.71. The standard InChI is InChI=1S/C12H24N2O4S/c1-4-5-9-14(3)19(17,18)13-10-7-6-8-12(10,2)11(15)16/h10,13H,4-9H2,1-3H3,(H,15,16). The number of carboxylic acids is 1. The van der Waals surface area contributed by atoms with Crippen molar-refractivity contribution in [3.05, 3.63) is 0 Å². The largest absolute Gasteiger partial charge is 0.481 e. The molecule has 0 saturated heterocycles. The number of nitrogens with one attached hydrogen (secondary N) is 1. The number of aliphatic carboxylic acids is 1. The summed E-state index contributed by atoms with van der Waals surface area (Å²) >= 11 is 0. The van der Waals surface area contributed by atoms with E-state index in [-0.39, 0.29) is 0 Å². The highest BCUT2D eigenvalue weighted by Crippen LogP contribution is 2.38. The second-order valence-corrected chi connectivity index (χ2v) is 7.27. The smallest absolute Gasteiger partial charge is 0.310 e. The van der Waals surface area contributed by atoms with Crippen LogP contribution >= 0.6 is 0 Å². The second kappa shape index (κ2) is 6.19. The Morgan fingerprint density at radius 2 is 2.16 bits per heavy atom. The van der Waals surface area contributed by atoms with Crippen molar-refractivity contribution >= 4 is 16.2 Å². The molecule has 0 spiro atoms. The molecule has 6 nitrogen and oxygen atoms in total. The predicted molar refractivity (Wildman–Crippen MR) is 73.0 cm³/mol. The van der Waals surface area contributed by atoms with Crippen LogP contribution in [-0.2, 0) is 15.0 Å². The lowest BCUT2D eigenvalue weighted by Crippen LogP contribution is -2.50. The number of hydrogen-bond acceptors (Lipinski definition) is 3. The fourth-order valence-corrected chi connectivity index (χ4v) is 3.67. The van der Waals surface area contributed by atoms with Gasteiger partial charge in [-0.05, 0) is 26.2 Å². The molecule has 7 heteroatoms. The maximum Gasteiger partial charge on any atom is 0.310 e. The molecule has 1 aliphatic carbocycles. The molecule has 0 aromatic rings. The van der Waals surface area contributed by atoms with Crippen LogP contribution in [0.25, 0.3) is 0 Å². The first-order chi connectivity index (χ1) is 8.74. The molecule has 0 aromatic heterocycles. The van der Waals surface area contributed by atoms with Gasteiger partial charge in [0.15, 0.2) is 0 Å². The lowest BCUT2D eigenvalue weighted by atomic mass is 9.85. The van der Waals surface area contributed by atoms with Crippen molar-refractivity contribution in [2.75, 3.05) is 13.6 Å². The molecule has 0 bridgehead atoms. The zero-order valence-electron chi connectivity index (χ0n) is 11.8. The van der Waals surface area contributed by atoms with Gasteiger partial charge in [-0.1, -0.05) is 19.8 Å². The minimum Gasteiger partial charge on any atom is -0.481 e. The van der Waals surface area contributed by atoms with Crippen LogP contribution in [-0.4, -0.2) is 43.4 Å².